The minimum absolute atomic E-state index is 0.595. The molecule has 0 rings (SSSR count). The van der Waals surface area contributed by atoms with Gasteiger partial charge < -0.3 is 5.11 Å². The van der Waals surface area contributed by atoms with Crippen molar-refractivity contribution in [3.63, 3.8) is 0 Å². The van der Waals surface area contributed by atoms with Crippen molar-refractivity contribution < 1.29 is 14.7 Å². The fourth-order valence-corrected chi connectivity index (χ4v) is 0.111. The van der Waals surface area contributed by atoms with Crippen LogP contribution in [0.4, 0.5) is 0 Å². The fourth-order valence-electron chi connectivity index (χ4n) is 0.111. The highest BCUT2D eigenvalue weighted by Gasteiger charge is 2.02. The third-order valence-corrected chi connectivity index (χ3v) is 0.536. The molecule has 1 N–H and O–H groups in total. The Bertz CT molecular complexity index is 95.1. The van der Waals surface area contributed by atoms with Gasteiger partial charge in [0.2, 0.25) is 5.78 Å². The lowest BCUT2D eigenvalue weighted by atomic mass is 10.3. The summed E-state index contributed by atoms with van der Waals surface area (Å²) in [6, 6.07) is 0. The molecule has 0 radical (unpaired) electrons. The summed E-state index contributed by atoms with van der Waals surface area (Å²) < 4.78 is 0. The Hall–Kier alpha value is -0.700. The van der Waals surface area contributed by atoms with E-state index in [-0.39, 0.29) is 0 Å². The van der Waals surface area contributed by atoms with Crippen LogP contribution in [-0.2, 0) is 9.59 Å². The van der Waals surface area contributed by atoms with Crippen molar-refractivity contribution in [2.24, 2.45) is 0 Å². The van der Waals surface area contributed by atoms with Gasteiger partial charge in [-0.1, -0.05) is 0 Å². The number of aliphatic hydroxyl groups excluding tert-OH is 1. The summed E-state index contributed by atoms with van der Waals surface area (Å²) in [6.07, 6.45) is 0. The van der Waals surface area contributed by atoms with Crippen LogP contribution in [-0.4, -0.2) is 23.3 Å². The summed E-state index contributed by atoms with van der Waals surface area (Å²) >= 11 is 0. The molecule has 0 spiro atoms. The lowest BCUT2D eigenvalue weighted by Gasteiger charge is -1.81. The van der Waals surface area contributed by atoms with Gasteiger partial charge in [0.25, 0.3) is 0 Å². The first-order valence-electron chi connectivity index (χ1n) is 1.83. The van der Waals surface area contributed by atoms with Gasteiger partial charge in [-0.15, -0.1) is 0 Å². The summed E-state index contributed by atoms with van der Waals surface area (Å²) in [5.74, 6) is -1.33. The zero-order valence-corrected chi connectivity index (χ0v) is 3.97. The molecule has 0 heterocycles. The topological polar surface area (TPSA) is 54.4 Å². The molecule has 3 heteroatoms. The largest absolute Gasteiger partial charge is 0.388 e. The van der Waals surface area contributed by atoms with Gasteiger partial charge in [-0.3, -0.25) is 9.59 Å². The average Bonchev–Trinajstić information content (AvgIpc) is 1.65. The van der Waals surface area contributed by atoms with Crippen molar-refractivity contribution in [3.8, 4) is 0 Å². The van der Waals surface area contributed by atoms with Gasteiger partial charge in [-0.25, -0.2) is 0 Å². The molecule has 0 atom stereocenters. The van der Waals surface area contributed by atoms with E-state index in [9.17, 15) is 9.59 Å². The van der Waals surface area contributed by atoms with Crippen LogP contribution in [0.5, 0.6) is 0 Å². The van der Waals surface area contributed by atoms with Gasteiger partial charge in [0.15, 0.2) is 5.78 Å². The van der Waals surface area contributed by atoms with E-state index in [2.05, 4.69) is 0 Å². The Morgan fingerprint density at radius 2 is 2.00 bits per heavy atom. The molecular formula is C4H6O3. The number of carbonyl (C=O) groups excluding carboxylic acids is 2. The van der Waals surface area contributed by atoms with Gasteiger partial charge in [0.1, 0.15) is 6.61 Å². The van der Waals surface area contributed by atoms with E-state index in [1.165, 1.54) is 0 Å². The number of ketones is 2. The number of aliphatic hydroxyl groups is 1. The van der Waals surface area contributed by atoms with Crippen LogP contribution in [0.1, 0.15) is 6.92 Å². The number of rotatable bonds is 2. The second-order valence-corrected chi connectivity index (χ2v) is 1.14. The predicted molar refractivity (Wildman–Crippen MR) is 22.8 cm³/mol. The van der Waals surface area contributed by atoms with Crippen molar-refractivity contribution in [2.75, 3.05) is 6.61 Å². The van der Waals surface area contributed by atoms with E-state index in [1.807, 2.05) is 0 Å². The first kappa shape index (κ1) is 6.30. The predicted octanol–water partition coefficient (Wildman–Crippen LogP) is -0.863. The second kappa shape index (κ2) is 2.47. The Labute approximate surface area is 41.0 Å². The molecule has 40 valence electrons. The third-order valence-electron chi connectivity index (χ3n) is 0.536. The SMILES string of the molecule is CC(=O)C(=O)CO. The van der Waals surface area contributed by atoms with Crippen molar-refractivity contribution in [1.82, 2.24) is 0 Å². The molecular weight excluding hydrogens is 96.0 g/mol. The van der Waals surface area contributed by atoms with E-state index in [0.29, 0.717) is 0 Å². The molecule has 3 nitrogen and oxygen atoms in total. The molecule has 0 aromatic rings. The summed E-state index contributed by atoms with van der Waals surface area (Å²) in [5, 5.41) is 7.93. The van der Waals surface area contributed by atoms with Crippen molar-refractivity contribution in [3.05, 3.63) is 0 Å². The lowest BCUT2D eigenvalue weighted by molar-refractivity contribution is -0.136. The van der Waals surface area contributed by atoms with Crippen LogP contribution >= 0.6 is 0 Å². The summed E-state index contributed by atoms with van der Waals surface area (Å²) in [5.41, 5.74) is 0. The molecule has 0 saturated heterocycles. The first-order valence-corrected chi connectivity index (χ1v) is 1.83. The maximum Gasteiger partial charge on any atom is 0.223 e. The Morgan fingerprint density at radius 1 is 1.57 bits per heavy atom. The molecule has 0 saturated carbocycles. The molecule has 0 aromatic carbocycles. The summed E-state index contributed by atoms with van der Waals surface area (Å²) in [7, 11) is 0. The van der Waals surface area contributed by atoms with E-state index in [4.69, 9.17) is 5.11 Å². The van der Waals surface area contributed by atoms with Crippen LogP contribution in [0, 0.1) is 0 Å². The van der Waals surface area contributed by atoms with E-state index in [0.717, 1.165) is 6.92 Å². The van der Waals surface area contributed by atoms with Crippen LogP contribution in [0.2, 0.25) is 0 Å². The molecule has 0 fully saturated rings. The zero-order valence-electron chi connectivity index (χ0n) is 3.97. The highest BCUT2D eigenvalue weighted by molar-refractivity contribution is 6.36. The van der Waals surface area contributed by atoms with E-state index >= 15 is 0 Å². The number of Topliss-reactive ketones (excluding diaryl/α,β-unsaturated/α-hetero) is 2. The maximum absolute atomic E-state index is 9.91. The molecule has 0 amide bonds. The molecule has 7 heavy (non-hydrogen) atoms. The van der Waals surface area contributed by atoms with Crippen LogP contribution in [0.3, 0.4) is 0 Å². The molecule has 0 aliphatic rings. The van der Waals surface area contributed by atoms with Crippen molar-refractivity contribution in [2.45, 2.75) is 6.92 Å². The highest BCUT2D eigenvalue weighted by Crippen LogP contribution is 1.69. The van der Waals surface area contributed by atoms with Gasteiger partial charge >= 0.3 is 0 Å². The number of hydrogen-bond donors (Lipinski definition) is 1. The van der Waals surface area contributed by atoms with Gasteiger partial charge in [-0.05, 0) is 0 Å². The highest BCUT2D eigenvalue weighted by atomic mass is 16.3. The van der Waals surface area contributed by atoms with Crippen molar-refractivity contribution in [1.29, 1.82) is 0 Å². The summed E-state index contributed by atoms with van der Waals surface area (Å²) in [4.78, 5) is 19.8. The standard InChI is InChI=1S/C4H6O3/c1-3(6)4(7)2-5/h5H,2H2,1H3. The molecule has 0 aliphatic carbocycles. The molecule has 0 aliphatic heterocycles. The Balaban J connectivity index is 3.58. The minimum Gasteiger partial charge on any atom is -0.388 e. The second-order valence-electron chi connectivity index (χ2n) is 1.14. The van der Waals surface area contributed by atoms with Crippen LogP contribution < -0.4 is 0 Å². The van der Waals surface area contributed by atoms with E-state index in [1.54, 1.807) is 0 Å². The lowest BCUT2D eigenvalue weighted by Crippen LogP contribution is -2.12. The van der Waals surface area contributed by atoms with Crippen molar-refractivity contribution >= 4 is 11.6 Å². The van der Waals surface area contributed by atoms with Gasteiger partial charge in [-0.2, -0.15) is 0 Å². The van der Waals surface area contributed by atoms with Crippen LogP contribution in [0.15, 0.2) is 0 Å². The fraction of sp³-hybridized carbons (Fsp3) is 0.500. The average molecular weight is 102 g/mol. The third kappa shape index (κ3) is 2.05. The van der Waals surface area contributed by atoms with E-state index < -0.39 is 18.2 Å². The Kier molecular flexibility index (Phi) is 2.22. The van der Waals surface area contributed by atoms with Crippen LogP contribution in [0.25, 0.3) is 0 Å². The normalized spacial score (nSPS) is 8.29. The molecule has 0 unspecified atom stereocenters. The Morgan fingerprint density at radius 3 is 2.00 bits per heavy atom. The molecule has 0 bridgehead atoms. The van der Waals surface area contributed by atoms with Gasteiger partial charge in [0, 0.05) is 6.92 Å². The minimum atomic E-state index is -0.736. The number of hydrogen-bond acceptors (Lipinski definition) is 3. The van der Waals surface area contributed by atoms with Gasteiger partial charge in [0.05, 0.1) is 0 Å². The monoisotopic (exact) mass is 102 g/mol. The zero-order chi connectivity index (χ0) is 5.86. The number of carbonyl (C=O) groups is 2. The quantitative estimate of drug-likeness (QED) is 0.461. The maximum atomic E-state index is 9.91. The smallest absolute Gasteiger partial charge is 0.223 e. The first-order chi connectivity index (χ1) is 3.18. The summed E-state index contributed by atoms with van der Waals surface area (Å²) in [6.45, 7) is 0.452. The molecule has 0 aromatic heterocycles.